The van der Waals surface area contributed by atoms with Gasteiger partial charge in [0.2, 0.25) is 5.91 Å². The van der Waals surface area contributed by atoms with Crippen molar-refractivity contribution in [3.05, 3.63) is 46.2 Å². The van der Waals surface area contributed by atoms with Crippen molar-refractivity contribution in [3.63, 3.8) is 0 Å². The molecule has 128 valence electrons. The lowest BCUT2D eigenvalue weighted by atomic mass is 10.2. The molecule has 2 rings (SSSR count). The molecule has 24 heavy (non-hydrogen) atoms. The van der Waals surface area contributed by atoms with Crippen LogP contribution in [0.2, 0.25) is 5.02 Å². The first-order chi connectivity index (χ1) is 11.5. The van der Waals surface area contributed by atoms with Crippen LogP contribution in [0, 0.1) is 0 Å². The molecular weight excluding hydrogens is 346 g/mol. The summed E-state index contributed by atoms with van der Waals surface area (Å²) in [6.07, 6.45) is 2.50. The molecule has 1 aromatic heterocycles. The summed E-state index contributed by atoms with van der Waals surface area (Å²) in [7, 11) is 0. The molecule has 0 saturated carbocycles. The van der Waals surface area contributed by atoms with E-state index in [1.165, 1.54) is 16.3 Å². The molecule has 1 atom stereocenters. The van der Waals surface area contributed by atoms with Crippen molar-refractivity contribution in [1.82, 2.24) is 14.9 Å². The van der Waals surface area contributed by atoms with Gasteiger partial charge in [0.05, 0.1) is 16.7 Å². The van der Waals surface area contributed by atoms with Crippen LogP contribution in [0.3, 0.4) is 0 Å². The van der Waals surface area contributed by atoms with Crippen LogP contribution in [0.1, 0.15) is 20.3 Å². The third kappa shape index (κ3) is 4.39. The number of benzene rings is 1. The number of fused-ring (bicyclic) bond motifs is 1. The molecule has 0 bridgehead atoms. The third-order valence-electron chi connectivity index (χ3n) is 3.55. The standard InChI is InChI=1S/C17H20ClN3O2S/c1-4-8-21-16(23)13-7-6-12(18)9-14(13)20-17(21)24-10-15(22)19-11(3)5-2/h4,6-7,9,11H,1,5,8,10H2,2-3H3,(H,19,22). The zero-order chi connectivity index (χ0) is 17.7. The van der Waals surface area contributed by atoms with E-state index in [2.05, 4.69) is 16.9 Å². The van der Waals surface area contributed by atoms with Gasteiger partial charge < -0.3 is 5.32 Å². The summed E-state index contributed by atoms with van der Waals surface area (Å²) in [6, 6.07) is 5.10. The van der Waals surface area contributed by atoms with Gasteiger partial charge in [-0.15, -0.1) is 6.58 Å². The summed E-state index contributed by atoms with van der Waals surface area (Å²) in [4.78, 5) is 29.1. The molecule has 5 nitrogen and oxygen atoms in total. The first-order valence-corrected chi connectivity index (χ1v) is 9.05. The van der Waals surface area contributed by atoms with E-state index in [0.29, 0.717) is 27.6 Å². The number of aromatic nitrogens is 2. The summed E-state index contributed by atoms with van der Waals surface area (Å²) in [6.45, 7) is 7.97. The molecule has 0 aliphatic heterocycles. The molecular formula is C17H20ClN3O2S. The topological polar surface area (TPSA) is 64.0 Å². The van der Waals surface area contributed by atoms with Crippen molar-refractivity contribution in [2.24, 2.45) is 0 Å². The minimum atomic E-state index is -0.165. The quantitative estimate of drug-likeness (QED) is 0.464. The summed E-state index contributed by atoms with van der Waals surface area (Å²) in [5.41, 5.74) is 0.360. The fraction of sp³-hybridized carbons (Fsp3) is 0.353. The smallest absolute Gasteiger partial charge is 0.262 e. The highest BCUT2D eigenvalue weighted by molar-refractivity contribution is 7.99. The highest BCUT2D eigenvalue weighted by Crippen LogP contribution is 2.20. The maximum atomic E-state index is 12.6. The number of nitrogens with zero attached hydrogens (tertiary/aromatic N) is 2. The Balaban J connectivity index is 2.33. The fourth-order valence-corrected chi connectivity index (χ4v) is 3.11. The number of thioether (sulfide) groups is 1. The highest BCUT2D eigenvalue weighted by Gasteiger charge is 2.13. The van der Waals surface area contributed by atoms with Crippen LogP contribution in [0.25, 0.3) is 10.9 Å². The van der Waals surface area contributed by atoms with Crippen LogP contribution in [0.5, 0.6) is 0 Å². The van der Waals surface area contributed by atoms with Crippen LogP contribution in [0.15, 0.2) is 40.8 Å². The molecule has 7 heteroatoms. The largest absolute Gasteiger partial charge is 0.353 e. The summed E-state index contributed by atoms with van der Waals surface area (Å²) in [5.74, 6) is 0.111. The number of carbonyl (C=O) groups excluding carboxylic acids is 1. The van der Waals surface area contributed by atoms with Crippen molar-refractivity contribution in [1.29, 1.82) is 0 Å². The molecule has 1 unspecified atom stereocenters. The van der Waals surface area contributed by atoms with Crippen molar-refractivity contribution in [2.45, 2.75) is 38.0 Å². The Labute approximate surface area is 150 Å². The van der Waals surface area contributed by atoms with Gasteiger partial charge in [-0.25, -0.2) is 4.98 Å². The predicted molar refractivity (Wildman–Crippen MR) is 99.8 cm³/mol. The molecule has 1 heterocycles. The zero-order valence-corrected chi connectivity index (χ0v) is 15.3. The SMILES string of the molecule is C=CCn1c(SCC(=O)NC(C)CC)nc2cc(Cl)ccc2c1=O. The van der Waals surface area contributed by atoms with E-state index in [1.54, 1.807) is 24.3 Å². The van der Waals surface area contributed by atoms with Crippen LogP contribution < -0.4 is 10.9 Å². The molecule has 1 aromatic carbocycles. The maximum Gasteiger partial charge on any atom is 0.262 e. The number of carbonyl (C=O) groups is 1. The third-order valence-corrected chi connectivity index (χ3v) is 4.76. The Morgan fingerprint density at radius 2 is 2.29 bits per heavy atom. The minimum absolute atomic E-state index is 0.0834. The van der Waals surface area contributed by atoms with Crippen LogP contribution in [-0.2, 0) is 11.3 Å². The Morgan fingerprint density at radius 1 is 1.54 bits per heavy atom. The number of halogens is 1. The Bertz CT molecular complexity index is 819. The lowest BCUT2D eigenvalue weighted by molar-refractivity contribution is -0.119. The molecule has 1 N–H and O–H groups in total. The number of rotatable bonds is 7. The van der Waals surface area contributed by atoms with E-state index in [1.807, 2.05) is 13.8 Å². The number of amides is 1. The Hall–Kier alpha value is -1.79. The summed E-state index contributed by atoms with van der Waals surface area (Å²) >= 11 is 7.22. The first-order valence-electron chi connectivity index (χ1n) is 7.69. The van der Waals surface area contributed by atoms with Gasteiger partial charge in [0.15, 0.2) is 5.16 Å². The van der Waals surface area contributed by atoms with Crippen molar-refractivity contribution >= 4 is 40.2 Å². The summed E-state index contributed by atoms with van der Waals surface area (Å²) < 4.78 is 1.52. The van der Waals surface area contributed by atoms with Gasteiger partial charge in [0, 0.05) is 17.6 Å². The summed E-state index contributed by atoms with van der Waals surface area (Å²) in [5, 5.41) is 4.39. The number of hydrogen-bond acceptors (Lipinski definition) is 4. The van der Waals surface area contributed by atoms with Crippen LogP contribution in [0.4, 0.5) is 0 Å². The van der Waals surface area contributed by atoms with Gasteiger partial charge in [0.1, 0.15) is 0 Å². The Kier molecular flexibility index (Phi) is 6.45. The Morgan fingerprint density at radius 3 is 2.96 bits per heavy atom. The van der Waals surface area contributed by atoms with E-state index in [9.17, 15) is 9.59 Å². The second-order valence-corrected chi connectivity index (χ2v) is 6.80. The van der Waals surface area contributed by atoms with E-state index in [4.69, 9.17) is 11.6 Å². The lowest BCUT2D eigenvalue weighted by Gasteiger charge is -2.13. The van der Waals surface area contributed by atoms with Crippen LogP contribution in [-0.4, -0.2) is 27.3 Å². The molecule has 0 spiro atoms. The van der Waals surface area contributed by atoms with Gasteiger partial charge in [-0.2, -0.15) is 0 Å². The van der Waals surface area contributed by atoms with Gasteiger partial charge in [-0.3, -0.25) is 14.2 Å². The zero-order valence-electron chi connectivity index (χ0n) is 13.7. The van der Waals surface area contributed by atoms with E-state index in [0.717, 1.165) is 6.42 Å². The van der Waals surface area contributed by atoms with Crippen molar-refractivity contribution in [3.8, 4) is 0 Å². The molecule has 0 aliphatic carbocycles. The van der Waals surface area contributed by atoms with E-state index >= 15 is 0 Å². The first kappa shape index (κ1) is 18.5. The number of hydrogen-bond donors (Lipinski definition) is 1. The molecule has 2 aromatic rings. The molecule has 0 radical (unpaired) electrons. The van der Waals surface area contributed by atoms with Gasteiger partial charge >= 0.3 is 0 Å². The number of nitrogens with one attached hydrogen (secondary N) is 1. The fourth-order valence-electron chi connectivity index (χ4n) is 2.12. The number of allylic oxidation sites excluding steroid dienone is 1. The predicted octanol–water partition coefficient (Wildman–Crippen LogP) is 3.24. The second-order valence-electron chi connectivity index (χ2n) is 5.43. The molecule has 1 amide bonds. The highest BCUT2D eigenvalue weighted by atomic mass is 35.5. The average Bonchev–Trinajstić information content (AvgIpc) is 2.55. The molecule has 0 saturated heterocycles. The molecule has 0 fully saturated rings. The van der Waals surface area contributed by atoms with Gasteiger partial charge in [-0.05, 0) is 31.5 Å². The average molecular weight is 366 g/mol. The maximum absolute atomic E-state index is 12.6. The molecule has 0 aliphatic rings. The van der Waals surface area contributed by atoms with E-state index < -0.39 is 0 Å². The second kappa shape index (κ2) is 8.35. The van der Waals surface area contributed by atoms with Gasteiger partial charge in [0.25, 0.3) is 5.56 Å². The monoisotopic (exact) mass is 365 g/mol. The van der Waals surface area contributed by atoms with E-state index in [-0.39, 0.29) is 23.3 Å². The lowest BCUT2D eigenvalue weighted by Crippen LogP contribution is -2.33. The van der Waals surface area contributed by atoms with Crippen molar-refractivity contribution in [2.75, 3.05) is 5.75 Å². The van der Waals surface area contributed by atoms with Crippen LogP contribution >= 0.6 is 23.4 Å². The minimum Gasteiger partial charge on any atom is -0.353 e. The van der Waals surface area contributed by atoms with Gasteiger partial charge in [-0.1, -0.05) is 36.4 Å². The van der Waals surface area contributed by atoms with Crippen molar-refractivity contribution < 1.29 is 4.79 Å². The normalized spacial score (nSPS) is 12.1.